The molecule has 2 rings (SSSR count). The van der Waals surface area contributed by atoms with Crippen LogP contribution >= 0.6 is 0 Å². The molecule has 0 saturated heterocycles. The molecule has 0 amide bonds. The number of hydrogen-bond acceptors (Lipinski definition) is 3. The predicted molar refractivity (Wildman–Crippen MR) is 80.5 cm³/mol. The van der Waals surface area contributed by atoms with Gasteiger partial charge in [0.05, 0.1) is 6.10 Å². The lowest BCUT2D eigenvalue weighted by Crippen LogP contribution is -2.67. The highest BCUT2D eigenvalue weighted by Gasteiger charge is 2.58. The highest BCUT2D eigenvalue weighted by molar-refractivity contribution is 5.12. The Kier molecular flexibility index (Phi) is 5.67. The van der Waals surface area contributed by atoms with Crippen LogP contribution in [0.5, 0.6) is 0 Å². The van der Waals surface area contributed by atoms with Crippen LogP contribution in [0.2, 0.25) is 0 Å². The zero-order valence-electron chi connectivity index (χ0n) is 13.1. The Morgan fingerprint density at radius 1 is 1.21 bits per heavy atom. The van der Waals surface area contributed by atoms with Gasteiger partial charge in [-0.05, 0) is 58.8 Å². The molecule has 2 fully saturated rings. The fraction of sp³-hybridized carbons (Fsp3) is 1.00. The van der Waals surface area contributed by atoms with Crippen LogP contribution in [0.1, 0.15) is 52.9 Å². The summed E-state index contributed by atoms with van der Waals surface area (Å²) in [6, 6.07) is 0.731. The molecule has 3 nitrogen and oxygen atoms in total. The van der Waals surface area contributed by atoms with E-state index in [1.54, 1.807) is 0 Å². The Labute approximate surface area is 119 Å². The van der Waals surface area contributed by atoms with Crippen molar-refractivity contribution in [3.05, 3.63) is 0 Å². The third kappa shape index (κ3) is 3.14. The number of hydrogen-bond donors (Lipinski definition) is 1. The molecule has 0 bridgehead atoms. The third-order valence-corrected chi connectivity index (χ3v) is 5.37. The predicted octanol–water partition coefficient (Wildman–Crippen LogP) is 2.66. The first-order valence-corrected chi connectivity index (χ1v) is 8.34. The van der Waals surface area contributed by atoms with Crippen LogP contribution in [0.3, 0.4) is 0 Å². The van der Waals surface area contributed by atoms with E-state index in [1.165, 1.54) is 58.3 Å². The van der Waals surface area contributed by atoms with Gasteiger partial charge in [-0.1, -0.05) is 20.3 Å². The van der Waals surface area contributed by atoms with Gasteiger partial charge in [-0.3, -0.25) is 0 Å². The first-order valence-electron chi connectivity index (χ1n) is 8.34. The van der Waals surface area contributed by atoms with Crippen LogP contribution in [0.4, 0.5) is 0 Å². The van der Waals surface area contributed by atoms with Crippen LogP contribution in [-0.4, -0.2) is 49.8 Å². The molecular weight excluding hydrogens is 236 g/mol. The Morgan fingerprint density at radius 3 is 2.47 bits per heavy atom. The van der Waals surface area contributed by atoms with E-state index in [2.05, 4.69) is 31.0 Å². The van der Waals surface area contributed by atoms with Gasteiger partial charge in [0.1, 0.15) is 0 Å². The number of rotatable bonds is 9. The molecule has 3 heteroatoms. The summed E-state index contributed by atoms with van der Waals surface area (Å²) in [6.45, 7) is 12.2. The van der Waals surface area contributed by atoms with E-state index in [1.807, 2.05) is 0 Å². The van der Waals surface area contributed by atoms with Crippen LogP contribution in [0.15, 0.2) is 0 Å². The van der Waals surface area contributed by atoms with Gasteiger partial charge in [0.25, 0.3) is 0 Å². The lowest BCUT2D eigenvalue weighted by atomic mass is 9.51. The Bertz CT molecular complexity index is 261. The first kappa shape index (κ1) is 15.3. The zero-order chi connectivity index (χ0) is 13.7. The number of nitrogens with one attached hydrogen (secondary N) is 1. The number of ether oxygens (including phenoxy) is 1. The highest BCUT2D eigenvalue weighted by atomic mass is 16.5. The van der Waals surface area contributed by atoms with Crippen molar-refractivity contribution >= 4 is 0 Å². The van der Waals surface area contributed by atoms with Crippen molar-refractivity contribution < 1.29 is 4.74 Å². The van der Waals surface area contributed by atoms with Gasteiger partial charge >= 0.3 is 0 Å². The van der Waals surface area contributed by atoms with Gasteiger partial charge in [-0.15, -0.1) is 0 Å². The minimum atomic E-state index is 0.519. The summed E-state index contributed by atoms with van der Waals surface area (Å²) in [5.74, 6) is 0. The van der Waals surface area contributed by atoms with Gasteiger partial charge in [0, 0.05) is 18.1 Å². The maximum atomic E-state index is 5.90. The van der Waals surface area contributed by atoms with Gasteiger partial charge in [0.15, 0.2) is 0 Å². The highest BCUT2D eigenvalue weighted by Crippen LogP contribution is 2.57. The summed E-state index contributed by atoms with van der Waals surface area (Å²) in [6.07, 6.45) is 7.22. The topological polar surface area (TPSA) is 24.5 Å². The van der Waals surface area contributed by atoms with Crippen molar-refractivity contribution in [1.29, 1.82) is 0 Å². The van der Waals surface area contributed by atoms with Crippen LogP contribution in [-0.2, 0) is 4.74 Å². The standard InChI is InChI=1S/C16H32N2O/c1-4-18(5-2)12-8-11-17-14-13-15(19-6-3)16(14)9-7-10-16/h14-15,17H,4-13H2,1-3H3. The van der Waals surface area contributed by atoms with E-state index in [4.69, 9.17) is 4.74 Å². The average molecular weight is 268 g/mol. The van der Waals surface area contributed by atoms with E-state index >= 15 is 0 Å². The molecule has 2 atom stereocenters. The van der Waals surface area contributed by atoms with Crippen LogP contribution < -0.4 is 5.32 Å². The summed E-state index contributed by atoms with van der Waals surface area (Å²) < 4.78 is 5.90. The Balaban J connectivity index is 1.64. The average Bonchev–Trinajstić information content (AvgIpc) is 2.34. The molecule has 0 aromatic heterocycles. The molecule has 0 aliphatic heterocycles. The van der Waals surface area contributed by atoms with Gasteiger partial charge < -0.3 is 15.0 Å². The van der Waals surface area contributed by atoms with Crippen LogP contribution in [0, 0.1) is 5.41 Å². The molecule has 0 aromatic carbocycles. The van der Waals surface area contributed by atoms with E-state index in [0.717, 1.165) is 12.6 Å². The molecular formula is C16H32N2O. The van der Waals surface area contributed by atoms with Crippen molar-refractivity contribution in [3.8, 4) is 0 Å². The van der Waals surface area contributed by atoms with Crippen molar-refractivity contribution in [2.75, 3.05) is 32.8 Å². The van der Waals surface area contributed by atoms with E-state index < -0.39 is 0 Å². The molecule has 112 valence electrons. The molecule has 0 radical (unpaired) electrons. The lowest BCUT2D eigenvalue weighted by Gasteiger charge is -2.61. The summed E-state index contributed by atoms with van der Waals surface area (Å²) in [5.41, 5.74) is 0.519. The van der Waals surface area contributed by atoms with Crippen molar-refractivity contribution in [1.82, 2.24) is 10.2 Å². The maximum Gasteiger partial charge on any atom is 0.0661 e. The molecule has 2 unspecified atom stereocenters. The molecule has 0 aromatic rings. The molecule has 2 aliphatic rings. The largest absolute Gasteiger partial charge is 0.378 e. The maximum absolute atomic E-state index is 5.90. The van der Waals surface area contributed by atoms with Crippen molar-refractivity contribution in [2.45, 2.75) is 65.0 Å². The Morgan fingerprint density at radius 2 is 1.95 bits per heavy atom. The summed E-state index contributed by atoms with van der Waals surface area (Å²) in [5, 5.41) is 3.80. The SMILES string of the molecule is CCOC1CC(NCCCN(CC)CC)C12CCC2. The second-order valence-electron chi connectivity index (χ2n) is 6.15. The molecule has 19 heavy (non-hydrogen) atoms. The van der Waals surface area contributed by atoms with Crippen molar-refractivity contribution in [2.24, 2.45) is 5.41 Å². The zero-order valence-corrected chi connectivity index (χ0v) is 13.1. The molecule has 1 N–H and O–H groups in total. The van der Waals surface area contributed by atoms with Crippen LogP contribution in [0.25, 0.3) is 0 Å². The monoisotopic (exact) mass is 268 g/mol. The fourth-order valence-electron chi connectivity index (χ4n) is 3.84. The molecule has 1 spiro atoms. The second-order valence-corrected chi connectivity index (χ2v) is 6.15. The Hall–Kier alpha value is -0.120. The summed E-state index contributed by atoms with van der Waals surface area (Å²) in [4.78, 5) is 2.50. The molecule has 2 aliphatic carbocycles. The van der Waals surface area contributed by atoms with Gasteiger partial charge in [0.2, 0.25) is 0 Å². The van der Waals surface area contributed by atoms with Gasteiger partial charge in [-0.25, -0.2) is 0 Å². The van der Waals surface area contributed by atoms with Gasteiger partial charge in [-0.2, -0.15) is 0 Å². The van der Waals surface area contributed by atoms with E-state index in [9.17, 15) is 0 Å². The quantitative estimate of drug-likeness (QED) is 0.651. The summed E-state index contributed by atoms with van der Waals surface area (Å²) >= 11 is 0. The normalized spacial score (nSPS) is 28.4. The minimum absolute atomic E-state index is 0.519. The summed E-state index contributed by atoms with van der Waals surface area (Å²) in [7, 11) is 0. The minimum Gasteiger partial charge on any atom is -0.378 e. The van der Waals surface area contributed by atoms with Crippen molar-refractivity contribution in [3.63, 3.8) is 0 Å². The molecule has 2 saturated carbocycles. The van der Waals surface area contributed by atoms with E-state index in [-0.39, 0.29) is 0 Å². The third-order valence-electron chi connectivity index (χ3n) is 5.37. The number of nitrogens with zero attached hydrogens (tertiary/aromatic N) is 1. The smallest absolute Gasteiger partial charge is 0.0661 e. The second kappa shape index (κ2) is 7.05. The first-order chi connectivity index (χ1) is 9.26. The molecule has 0 heterocycles. The fourth-order valence-corrected chi connectivity index (χ4v) is 3.84. The van der Waals surface area contributed by atoms with E-state index in [0.29, 0.717) is 11.5 Å². The lowest BCUT2D eigenvalue weighted by molar-refractivity contribution is -0.172.